The Balaban J connectivity index is 1.84. The first-order valence-electron chi connectivity index (χ1n) is 9.01. The lowest BCUT2D eigenvalue weighted by molar-refractivity contribution is -0.121. The van der Waals surface area contributed by atoms with E-state index in [1.807, 2.05) is 0 Å². The molecule has 144 valence electrons. The Hall–Kier alpha value is -2.09. The predicted octanol–water partition coefficient (Wildman–Crippen LogP) is 2.62. The molecule has 8 heteroatoms. The molecule has 0 unspecified atom stereocenters. The molecule has 1 aliphatic carbocycles. The fraction of sp³-hybridized carbons (Fsp3) is 0.556. The van der Waals surface area contributed by atoms with Crippen LogP contribution in [0.5, 0.6) is 0 Å². The average molecular weight is 381 g/mol. The molecule has 0 spiro atoms. The van der Waals surface area contributed by atoms with Gasteiger partial charge in [0.15, 0.2) is 0 Å². The van der Waals surface area contributed by atoms with Gasteiger partial charge in [0.25, 0.3) is 0 Å². The highest BCUT2D eigenvalue weighted by Gasteiger charge is 2.17. The Labute approximate surface area is 155 Å². The number of carbonyl (C=O) groups is 2. The second kappa shape index (κ2) is 9.56. The molecule has 1 aliphatic rings. The number of carbonyl (C=O) groups excluding carboxylic acids is 2. The largest absolute Gasteiger partial charge is 0.353 e. The van der Waals surface area contributed by atoms with Crippen molar-refractivity contribution in [3.8, 4) is 0 Å². The Kier molecular flexibility index (Phi) is 7.44. The number of nitrogens with one attached hydrogen (secondary N) is 3. The minimum atomic E-state index is -3.65. The van der Waals surface area contributed by atoms with E-state index < -0.39 is 10.0 Å². The van der Waals surface area contributed by atoms with E-state index in [9.17, 15) is 18.0 Å². The van der Waals surface area contributed by atoms with Gasteiger partial charge in [0.1, 0.15) is 0 Å². The normalized spacial score (nSPS) is 15.7. The first-order chi connectivity index (χ1) is 12.3. The zero-order valence-electron chi connectivity index (χ0n) is 15.1. The smallest absolute Gasteiger partial charge is 0.233 e. The Morgan fingerprint density at radius 3 is 2.38 bits per heavy atom. The third-order valence-corrected chi connectivity index (χ3v) is 5.56. The van der Waals surface area contributed by atoms with Gasteiger partial charge in [-0.3, -0.25) is 14.3 Å². The first-order valence-corrected chi connectivity index (χ1v) is 10.7. The van der Waals surface area contributed by atoms with E-state index in [-0.39, 0.29) is 30.0 Å². The summed E-state index contributed by atoms with van der Waals surface area (Å²) in [6.45, 7) is 1.38. The van der Waals surface area contributed by atoms with Crippen molar-refractivity contribution < 1.29 is 18.0 Å². The lowest BCUT2D eigenvalue weighted by atomic mass is 10.1. The number of hydrogen-bond acceptors (Lipinski definition) is 4. The van der Waals surface area contributed by atoms with E-state index in [1.165, 1.54) is 25.8 Å². The van der Waals surface area contributed by atoms with Crippen LogP contribution in [0.2, 0.25) is 0 Å². The fourth-order valence-electron chi connectivity index (χ4n) is 3.04. The average Bonchev–Trinajstić information content (AvgIpc) is 2.81. The summed E-state index contributed by atoms with van der Waals surface area (Å²) < 4.78 is 26.9. The Morgan fingerprint density at radius 2 is 1.73 bits per heavy atom. The van der Waals surface area contributed by atoms with Crippen molar-refractivity contribution in [2.75, 3.05) is 15.8 Å². The van der Waals surface area contributed by atoms with Gasteiger partial charge in [0.2, 0.25) is 21.8 Å². The Morgan fingerprint density at radius 1 is 1.08 bits per heavy atom. The van der Waals surface area contributed by atoms with Gasteiger partial charge in [-0.25, -0.2) is 8.42 Å². The number of rotatable bonds is 7. The number of sulfonamides is 1. The molecule has 0 aliphatic heterocycles. The predicted molar refractivity (Wildman–Crippen MR) is 102 cm³/mol. The fourth-order valence-corrected chi connectivity index (χ4v) is 4.09. The molecule has 1 aromatic carbocycles. The van der Waals surface area contributed by atoms with Crippen molar-refractivity contribution in [3.63, 3.8) is 0 Å². The number of benzene rings is 1. The van der Waals surface area contributed by atoms with Crippen LogP contribution in [0.4, 0.5) is 11.4 Å². The maximum Gasteiger partial charge on any atom is 0.233 e. The molecule has 1 saturated carbocycles. The monoisotopic (exact) mass is 381 g/mol. The van der Waals surface area contributed by atoms with Gasteiger partial charge in [0.05, 0.1) is 11.4 Å². The van der Waals surface area contributed by atoms with Gasteiger partial charge in [-0.2, -0.15) is 0 Å². The third-order valence-electron chi connectivity index (χ3n) is 4.27. The zero-order valence-corrected chi connectivity index (χ0v) is 15.9. The summed E-state index contributed by atoms with van der Waals surface area (Å²) in [4.78, 5) is 23.1. The second-order valence-electron chi connectivity index (χ2n) is 6.69. The van der Waals surface area contributed by atoms with E-state index in [0.717, 1.165) is 25.7 Å². The van der Waals surface area contributed by atoms with Crippen LogP contribution in [-0.4, -0.2) is 32.0 Å². The molecule has 1 aromatic rings. The summed E-state index contributed by atoms with van der Waals surface area (Å²) in [5.74, 6) is -0.745. The Bertz CT molecular complexity index is 726. The molecule has 0 bridgehead atoms. The summed E-state index contributed by atoms with van der Waals surface area (Å²) in [6, 6.07) is 6.59. The van der Waals surface area contributed by atoms with Crippen molar-refractivity contribution >= 4 is 33.2 Å². The van der Waals surface area contributed by atoms with E-state index in [2.05, 4.69) is 15.4 Å². The molecule has 0 aromatic heterocycles. The highest BCUT2D eigenvalue weighted by atomic mass is 32.2. The summed E-state index contributed by atoms with van der Waals surface area (Å²) in [7, 11) is -3.65. The van der Waals surface area contributed by atoms with Crippen LogP contribution >= 0.6 is 0 Å². The molecule has 26 heavy (non-hydrogen) atoms. The summed E-state index contributed by atoms with van der Waals surface area (Å²) in [5.41, 5.74) is 0.851. The maximum atomic E-state index is 12.2. The highest BCUT2D eigenvalue weighted by Crippen LogP contribution is 2.18. The molecule has 7 nitrogen and oxygen atoms in total. The van der Waals surface area contributed by atoms with Gasteiger partial charge < -0.3 is 10.6 Å². The van der Waals surface area contributed by atoms with E-state index in [4.69, 9.17) is 0 Å². The molecular formula is C18H27N3O4S. The van der Waals surface area contributed by atoms with Crippen LogP contribution in [0.25, 0.3) is 0 Å². The number of hydrogen-bond donors (Lipinski definition) is 3. The van der Waals surface area contributed by atoms with E-state index in [1.54, 1.807) is 18.2 Å². The quantitative estimate of drug-likeness (QED) is 0.632. The topological polar surface area (TPSA) is 104 Å². The molecule has 2 rings (SSSR count). The maximum absolute atomic E-state index is 12.2. The molecule has 0 heterocycles. The minimum Gasteiger partial charge on any atom is -0.353 e. The van der Waals surface area contributed by atoms with E-state index in [0.29, 0.717) is 11.4 Å². The van der Waals surface area contributed by atoms with Gasteiger partial charge in [-0.15, -0.1) is 0 Å². The zero-order chi connectivity index (χ0) is 19.0. The van der Waals surface area contributed by atoms with Gasteiger partial charge in [-0.05, 0) is 31.0 Å². The summed E-state index contributed by atoms with van der Waals surface area (Å²) in [6.07, 6.45) is 6.46. The third kappa shape index (κ3) is 7.43. The molecular weight excluding hydrogens is 354 g/mol. The molecule has 3 N–H and O–H groups in total. The van der Waals surface area contributed by atoms with Crippen LogP contribution in [0.3, 0.4) is 0 Å². The van der Waals surface area contributed by atoms with Gasteiger partial charge >= 0.3 is 0 Å². The van der Waals surface area contributed by atoms with Crippen LogP contribution in [0, 0.1) is 0 Å². The van der Waals surface area contributed by atoms with Crippen molar-refractivity contribution in [3.05, 3.63) is 24.3 Å². The molecule has 0 saturated heterocycles. The van der Waals surface area contributed by atoms with Crippen LogP contribution in [0.15, 0.2) is 24.3 Å². The van der Waals surface area contributed by atoms with Crippen molar-refractivity contribution in [2.45, 2.75) is 57.9 Å². The lowest BCUT2D eigenvalue weighted by Gasteiger charge is -2.16. The molecule has 1 fully saturated rings. The van der Waals surface area contributed by atoms with Crippen LogP contribution in [0.1, 0.15) is 51.9 Å². The highest BCUT2D eigenvalue weighted by molar-refractivity contribution is 7.92. The van der Waals surface area contributed by atoms with E-state index >= 15 is 0 Å². The van der Waals surface area contributed by atoms with Crippen molar-refractivity contribution in [2.24, 2.45) is 0 Å². The summed E-state index contributed by atoms with van der Waals surface area (Å²) in [5, 5.41) is 5.54. The summed E-state index contributed by atoms with van der Waals surface area (Å²) >= 11 is 0. The van der Waals surface area contributed by atoms with Gasteiger partial charge in [0, 0.05) is 25.1 Å². The standard InChI is InChI=1S/C18H27N3O4S/c1-14(22)19-16-9-6-10-17(13-16)21-26(24,25)12-11-18(23)20-15-7-4-2-3-5-8-15/h6,9-10,13,15,21H,2-5,7-8,11-12H2,1H3,(H,19,22)(H,20,23). The lowest BCUT2D eigenvalue weighted by Crippen LogP contribution is -2.35. The van der Waals surface area contributed by atoms with Crippen molar-refractivity contribution in [1.29, 1.82) is 0 Å². The molecule has 0 atom stereocenters. The number of anilines is 2. The van der Waals surface area contributed by atoms with Crippen LogP contribution in [-0.2, 0) is 19.6 Å². The second-order valence-corrected chi connectivity index (χ2v) is 8.53. The van der Waals surface area contributed by atoms with Crippen LogP contribution < -0.4 is 15.4 Å². The van der Waals surface area contributed by atoms with Crippen molar-refractivity contribution in [1.82, 2.24) is 5.32 Å². The first kappa shape index (κ1) is 20.2. The molecule has 2 amide bonds. The minimum absolute atomic E-state index is 0.0722. The SMILES string of the molecule is CC(=O)Nc1cccc(NS(=O)(=O)CCC(=O)NC2CCCCCC2)c1. The molecule has 0 radical (unpaired) electrons. The number of amides is 2. The van der Waals surface area contributed by atoms with Gasteiger partial charge in [-0.1, -0.05) is 31.7 Å².